The maximum Gasteiger partial charge on any atom is 0.220 e. The second-order valence-corrected chi connectivity index (χ2v) is 10.0. The van der Waals surface area contributed by atoms with Gasteiger partial charge in [-0.25, -0.2) is 0 Å². The summed E-state index contributed by atoms with van der Waals surface area (Å²) in [5.74, 6) is 0.213. The molecule has 0 aliphatic carbocycles. The monoisotopic (exact) mass is 469 g/mol. The number of carbonyl (C=O) groups excluding carboxylic acids is 2. The van der Waals surface area contributed by atoms with Gasteiger partial charge >= 0.3 is 0 Å². The highest BCUT2D eigenvalue weighted by atomic mass is 16.3. The van der Waals surface area contributed by atoms with Crippen molar-refractivity contribution in [3.05, 3.63) is 0 Å². The molecule has 6 heteroatoms. The Bertz CT molecular complexity index is 447. The Morgan fingerprint density at radius 2 is 1.00 bits per heavy atom. The van der Waals surface area contributed by atoms with Gasteiger partial charge in [-0.3, -0.25) is 14.5 Å². The van der Waals surface area contributed by atoms with Crippen LogP contribution in [0.15, 0.2) is 0 Å². The summed E-state index contributed by atoms with van der Waals surface area (Å²) in [5, 5.41) is 16.1. The van der Waals surface area contributed by atoms with E-state index in [4.69, 9.17) is 0 Å². The zero-order chi connectivity index (χ0) is 24.9. The van der Waals surface area contributed by atoms with Crippen LogP contribution in [0, 0.1) is 0 Å². The first-order valence-corrected chi connectivity index (χ1v) is 13.8. The van der Waals surface area contributed by atoms with Crippen molar-refractivity contribution in [2.24, 2.45) is 0 Å². The maximum atomic E-state index is 12.3. The molecule has 3 unspecified atom stereocenters. The Morgan fingerprint density at radius 3 is 1.36 bits per heavy atom. The van der Waals surface area contributed by atoms with Gasteiger partial charge in [0.2, 0.25) is 11.8 Å². The highest BCUT2D eigenvalue weighted by molar-refractivity contribution is 5.76. The molecule has 0 heterocycles. The third kappa shape index (κ3) is 21.2. The van der Waals surface area contributed by atoms with Crippen molar-refractivity contribution < 1.29 is 14.7 Å². The molecule has 0 saturated heterocycles. The molecule has 0 radical (unpaired) electrons. The maximum absolute atomic E-state index is 12.3. The fourth-order valence-electron chi connectivity index (χ4n) is 4.29. The van der Waals surface area contributed by atoms with Crippen molar-refractivity contribution >= 4 is 11.8 Å². The van der Waals surface area contributed by atoms with E-state index in [1.54, 1.807) is 6.92 Å². The number of nitrogens with one attached hydrogen (secondary N) is 2. The lowest BCUT2D eigenvalue weighted by Gasteiger charge is -2.30. The summed E-state index contributed by atoms with van der Waals surface area (Å²) in [7, 11) is 0. The van der Waals surface area contributed by atoms with Crippen LogP contribution in [-0.2, 0) is 9.59 Å². The van der Waals surface area contributed by atoms with Crippen LogP contribution in [0.1, 0.15) is 125 Å². The van der Waals surface area contributed by atoms with Crippen LogP contribution in [0.2, 0.25) is 0 Å². The normalized spacial score (nSPS) is 14.2. The quantitative estimate of drug-likeness (QED) is 0.191. The fourth-order valence-corrected chi connectivity index (χ4v) is 4.29. The molecule has 0 spiro atoms. The summed E-state index contributed by atoms with van der Waals surface area (Å²) >= 11 is 0. The molecule has 3 atom stereocenters. The third-order valence-corrected chi connectivity index (χ3v) is 5.92. The number of hydrogen-bond acceptors (Lipinski definition) is 4. The Labute approximate surface area is 204 Å². The van der Waals surface area contributed by atoms with E-state index < -0.39 is 6.10 Å². The van der Waals surface area contributed by atoms with E-state index in [0.29, 0.717) is 32.5 Å². The van der Waals surface area contributed by atoms with Gasteiger partial charge in [0.1, 0.15) is 0 Å². The highest BCUT2D eigenvalue weighted by Gasteiger charge is 2.18. The molecule has 2 amide bonds. The van der Waals surface area contributed by atoms with Crippen molar-refractivity contribution in [1.29, 1.82) is 0 Å². The molecule has 3 N–H and O–H groups in total. The van der Waals surface area contributed by atoms with Gasteiger partial charge in [-0.1, -0.05) is 78.1 Å². The molecule has 0 aliphatic rings. The lowest BCUT2D eigenvalue weighted by atomic mass is 10.1. The molecule has 0 rings (SSSR count). The van der Waals surface area contributed by atoms with Gasteiger partial charge in [0.15, 0.2) is 0 Å². The highest BCUT2D eigenvalue weighted by Crippen LogP contribution is 2.08. The first-order valence-electron chi connectivity index (χ1n) is 13.8. The van der Waals surface area contributed by atoms with Crippen molar-refractivity contribution in [3.8, 4) is 0 Å². The van der Waals surface area contributed by atoms with Crippen LogP contribution in [0.25, 0.3) is 0 Å². The number of rotatable bonds is 22. The van der Waals surface area contributed by atoms with E-state index in [9.17, 15) is 14.7 Å². The predicted octanol–water partition coefficient (Wildman–Crippen LogP) is 5.18. The average molecular weight is 470 g/mol. The molecule has 0 aromatic rings. The predicted molar refractivity (Wildman–Crippen MR) is 139 cm³/mol. The third-order valence-electron chi connectivity index (χ3n) is 5.92. The minimum atomic E-state index is -0.456. The lowest BCUT2D eigenvalue weighted by molar-refractivity contribution is -0.122. The number of nitrogens with zero attached hydrogens (tertiary/aromatic N) is 1. The van der Waals surface area contributed by atoms with E-state index in [1.165, 1.54) is 51.4 Å². The van der Waals surface area contributed by atoms with Crippen LogP contribution in [0.5, 0.6) is 0 Å². The molecule has 33 heavy (non-hydrogen) atoms. The number of aliphatic hydroxyl groups excluding tert-OH is 1. The molecule has 0 saturated carbocycles. The van der Waals surface area contributed by atoms with E-state index in [2.05, 4.69) is 29.4 Å². The fraction of sp³-hybridized carbons (Fsp3) is 0.926. The molecular formula is C27H55N3O3. The summed E-state index contributed by atoms with van der Waals surface area (Å²) in [6.07, 6.45) is 14.8. The van der Waals surface area contributed by atoms with E-state index in [0.717, 1.165) is 25.7 Å². The molecule has 0 aliphatic heterocycles. The standard InChI is InChI=1S/C27H55N3O3/c1-6-8-10-12-14-16-18-26(32)28-23(3)20-30(22-25(5)31)21-24(4)29-27(33)19-17-15-13-11-9-7-2/h23-25,31H,6-22H2,1-5H3,(H,28,32)(H,29,33). The summed E-state index contributed by atoms with van der Waals surface area (Å²) in [6.45, 7) is 12.1. The van der Waals surface area contributed by atoms with Crippen molar-refractivity contribution in [3.63, 3.8) is 0 Å². The Kier molecular flexibility index (Phi) is 20.7. The van der Waals surface area contributed by atoms with Gasteiger partial charge in [-0.15, -0.1) is 0 Å². The molecule has 0 aromatic carbocycles. The summed E-state index contributed by atoms with van der Waals surface area (Å²) in [6, 6.07) is 0.00438. The van der Waals surface area contributed by atoms with Crippen molar-refractivity contribution in [1.82, 2.24) is 15.5 Å². The van der Waals surface area contributed by atoms with Crippen LogP contribution >= 0.6 is 0 Å². The minimum absolute atomic E-state index is 0.00219. The van der Waals surface area contributed by atoms with Gasteiger partial charge in [-0.2, -0.15) is 0 Å². The number of amides is 2. The van der Waals surface area contributed by atoms with Crippen LogP contribution in [0.3, 0.4) is 0 Å². The Balaban J connectivity index is 4.25. The topological polar surface area (TPSA) is 81.7 Å². The van der Waals surface area contributed by atoms with Gasteiger partial charge in [-0.05, 0) is 33.6 Å². The first-order chi connectivity index (χ1) is 15.8. The molecule has 0 aromatic heterocycles. The largest absolute Gasteiger partial charge is 0.392 e. The van der Waals surface area contributed by atoms with E-state index >= 15 is 0 Å². The number of unbranched alkanes of at least 4 members (excludes halogenated alkanes) is 10. The van der Waals surface area contributed by atoms with Crippen molar-refractivity contribution in [2.75, 3.05) is 19.6 Å². The number of aliphatic hydroxyl groups is 1. The lowest BCUT2D eigenvalue weighted by Crippen LogP contribution is -2.49. The molecule has 0 bridgehead atoms. The molecular weight excluding hydrogens is 414 g/mol. The van der Waals surface area contributed by atoms with E-state index in [1.807, 2.05) is 13.8 Å². The summed E-state index contributed by atoms with van der Waals surface area (Å²) in [4.78, 5) is 26.7. The zero-order valence-corrected chi connectivity index (χ0v) is 22.5. The molecule has 196 valence electrons. The molecule has 6 nitrogen and oxygen atoms in total. The van der Waals surface area contributed by atoms with Gasteiger partial charge < -0.3 is 15.7 Å². The second kappa shape index (κ2) is 21.4. The van der Waals surface area contributed by atoms with Gasteiger partial charge in [0, 0.05) is 44.6 Å². The summed E-state index contributed by atoms with van der Waals surface area (Å²) in [5.41, 5.74) is 0. The van der Waals surface area contributed by atoms with E-state index in [-0.39, 0.29) is 23.9 Å². The minimum Gasteiger partial charge on any atom is -0.392 e. The molecule has 0 fully saturated rings. The van der Waals surface area contributed by atoms with Crippen LogP contribution < -0.4 is 10.6 Å². The number of hydrogen-bond donors (Lipinski definition) is 3. The van der Waals surface area contributed by atoms with Crippen molar-refractivity contribution in [2.45, 2.75) is 143 Å². The zero-order valence-electron chi connectivity index (χ0n) is 22.5. The Hall–Kier alpha value is -1.14. The first kappa shape index (κ1) is 31.9. The summed E-state index contributed by atoms with van der Waals surface area (Å²) < 4.78 is 0. The SMILES string of the molecule is CCCCCCCCC(=O)NC(C)CN(CC(C)O)CC(C)NC(=O)CCCCCCCC. The van der Waals surface area contributed by atoms with Gasteiger partial charge in [0.25, 0.3) is 0 Å². The smallest absolute Gasteiger partial charge is 0.220 e. The van der Waals surface area contributed by atoms with Crippen LogP contribution in [-0.4, -0.2) is 59.6 Å². The number of carbonyl (C=O) groups is 2. The Morgan fingerprint density at radius 1 is 0.636 bits per heavy atom. The van der Waals surface area contributed by atoms with Gasteiger partial charge in [0.05, 0.1) is 6.10 Å². The second-order valence-electron chi connectivity index (χ2n) is 10.0. The van der Waals surface area contributed by atoms with Crippen LogP contribution in [0.4, 0.5) is 0 Å². The average Bonchev–Trinajstić information content (AvgIpc) is 2.72.